The second-order valence-electron chi connectivity index (χ2n) is 3.61. The molecule has 0 saturated heterocycles. The van der Waals surface area contributed by atoms with Crippen LogP contribution in [0.5, 0.6) is 0 Å². The van der Waals surface area contributed by atoms with Gasteiger partial charge in [-0.25, -0.2) is 4.98 Å². The number of methoxy groups -OCH3 is 1. The SMILES string of the molecule is COCCCNC(=S)Nc1nc(C)c(Br)cc1Cl. The van der Waals surface area contributed by atoms with E-state index in [4.69, 9.17) is 28.6 Å². The molecular formula is C11H15BrClN3OS. The van der Waals surface area contributed by atoms with E-state index in [1.54, 1.807) is 13.2 Å². The van der Waals surface area contributed by atoms with Crippen LogP contribution in [0, 0.1) is 6.92 Å². The topological polar surface area (TPSA) is 46.2 Å². The molecule has 0 aliphatic rings. The lowest BCUT2D eigenvalue weighted by Crippen LogP contribution is -2.30. The van der Waals surface area contributed by atoms with Crippen molar-refractivity contribution in [2.24, 2.45) is 0 Å². The third kappa shape index (κ3) is 5.06. The van der Waals surface area contributed by atoms with Gasteiger partial charge < -0.3 is 15.4 Å². The lowest BCUT2D eigenvalue weighted by atomic mass is 10.4. The van der Waals surface area contributed by atoms with E-state index < -0.39 is 0 Å². The Morgan fingerprint density at radius 3 is 3.00 bits per heavy atom. The predicted molar refractivity (Wildman–Crippen MR) is 82.4 cm³/mol. The molecule has 0 aliphatic heterocycles. The molecule has 18 heavy (non-hydrogen) atoms. The fourth-order valence-corrected chi connectivity index (χ4v) is 2.06. The van der Waals surface area contributed by atoms with Gasteiger partial charge in [0.2, 0.25) is 0 Å². The summed E-state index contributed by atoms with van der Waals surface area (Å²) in [5, 5.41) is 7.05. The molecular weight excluding hydrogens is 338 g/mol. The number of anilines is 1. The Morgan fingerprint density at radius 1 is 1.61 bits per heavy atom. The minimum atomic E-state index is 0.502. The molecule has 0 aromatic carbocycles. The molecule has 0 amide bonds. The van der Waals surface area contributed by atoms with Gasteiger partial charge in [-0.1, -0.05) is 11.6 Å². The molecule has 0 saturated carbocycles. The molecule has 1 aromatic rings. The van der Waals surface area contributed by atoms with Gasteiger partial charge in [-0.3, -0.25) is 0 Å². The Kier molecular flexibility index (Phi) is 6.85. The van der Waals surface area contributed by atoms with E-state index in [1.807, 2.05) is 6.92 Å². The molecule has 1 aromatic heterocycles. The van der Waals surface area contributed by atoms with Gasteiger partial charge in [0, 0.05) is 24.7 Å². The lowest BCUT2D eigenvalue weighted by molar-refractivity contribution is 0.196. The van der Waals surface area contributed by atoms with Crippen LogP contribution < -0.4 is 10.6 Å². The van der Waals surface area contributed by atoms with Crippen molar-refractivity contribution in [2.45, 2.75) is 13.3 Å². The lowest BCUT2D eigenvalue weighted by Gasteiger charge is -2.12. The zero-order valence-electron chi connectivity index (χ0n) is 10.2. The van der Waals surface area contributed by atoms with Crippen LogP contribution in [-0.2, 0) is 4.74 Å². The molecule has 100 valence electrons. The van der Waals surface area contributed by atoms with Gasteiger partial charge in [0.05, 0.1) is 10.7 Å². The highest BCUT2D eigenvalue weighted by molar-refractivity contribution is 9.10. The summed E-state index contributed by atoms with van der Waals surface area (Å²) in [6, 6.07) is 1.79. The highest BCUT2D eigenvalue weighted by atomic mass is 79.9. The van der Waals surface area contributed by atoms with Gasteiger partial charge in [0.25, 0.3) is 0 Å². The molecule has 0 atom stereocenters. The quantitative estimate of drug-likeness (QED) is 0.630. The number of aryl methyl sites for hydroxylation is 1. The highest BCUT2D eigenvalue weighted by Gasteiger charge is 2.07. The summed E-state index contributed by atoms with van der Waals surface area (Å²) in [6.45, 7) is 3.33. The molecule has 0 aliphatic carbocycles. The maximum atomic E-state index is 6.07. The molecule has 1 heterocycles. The average molecular weight is 353 g/mol. The van der Waals surface area contributed by atoms with Gasteiger partial charge in [0.1, 0.15) is 0 Å². The van der Waals surface area contributed by atoms with Gasteiger partial charge in [-0.05, 0) is 47.6 Å². The van der Waals surface area contributed by atoms with Crippen LogP contribution in [-0.4, -0.2) is 30.4 Å². The van der Waals surface area contributed by atoms with Crippen LogP contribution in [0.1, 0.15) is 12.1 Å². The molecule has 0 radical (unpaired) electrons. The molecule has 4 nitrogen and oxygen atoms in total. The predicted octanol–water partition coefficient (Wildman–Crippen LogP) is 3.13. The molecule has 0 fully saturated rings. The van der Waals surface area contributed by atoms with E-state index in [2.05, 4.69) is 31.5 Å². The standard InChI is InChI=1S/C11H15BrClN3OS/c1-7-8(12)6-9(13)10(15-7)16-11(18)14-4-3-5-17-2/h6H,3-5H2,1-2H3,(H2,14,15,16,18). The summed E-state index contributed by atoms with van der Waals surface area (Å²) in [7, 11) is 1.67. The molecule has 0 spiro atoms. The summed E-state index contributed by atoms with van der Waals surface area (Å²) >= 11 is 14.6. The molecule has 0 unspecified atom stereocenters. The Hall–Kier alpha value is -0.430. The van der Waals surface area contributed by atoms with Crippen LogP contribution in [0.3, 0.4) is 0 Å². The van der Waals surface area contributed by atoms with Crippen molar-refractivity contribution >= 4 is 50.7 Å². The Bertz CT molecular complexity index is 431. The van der Waals surface area contributed by atoms with Gasteiger partial charge in [-0.2, -0.15) is 0 Å². The summed E-state index contributed by atoms with van der Waals surface area (Å²) in [4.78, 5) is 4.31. The van der Waals surface area contributed by atoms with Crippen LogP contribution in [0.15, 0.2) is 10.5 Å². The summed E-state index contributed by atoms with van der Waals surface area (Å²) in [6.07, 6.45) is 0.888. The number of nitrogens with zero attached hydrogens (tertiary/aromatic N) is 1. The first-order valence-electron chi connectivity index (χ1n) is 5.41. The minimum absolute atomic E-state index is 0.502. The Morgan fingerprint density at radius 2 is 2.33 bits per heavy atom. The van der Waals surface area contributed by atoms with E-state index in [1.165, 1.54) is 0 Å². The normalized spacial score (nSPS) is 10.2. The first-order chi connectivity index (χ1) is 8.54. The van der Waals surface area contributed by atoms with Crippen LogP contribution in [0.2, 0.25) is 5.02 Å². The number of hydrogen-bond donors (Lipinski definition) is 2. The summed E-state index contributed by atoms with van der Waals surface area (Å²) in [5.74, 6) is 0.557. The van der Waals surface area contributed by atoms with E-state index in [0.717, 1.165) is 23.1 Å². The smallest absolute Gasteiger partial charge is 0.171 e. The second kappa shape index (κ2) is 7.89. The third-order valence-corrected chi connectivity index (χ3v) is 3.48. The van der Waals surface area contributed by atoms with Crippen LogP contribution in [0.4, 0.5) is 5.82 Å². The van der Waals surface area contributed by atoms with Crippen molar-refractivity contribution < 1.29 is 4.74 Å². The van der Waals surface area contributed by atoms with Crippen molar-refractivity contribution in [3.8, 4) is 0 Å². The van der Waals surface area contributed by atoms with E-state index in [-0.39, 0.29) is 0 Å². The van der Waals surface area contributed by atoms with Gasteiger partial charge >= 0.3 is 0 Å². The fraction of sp³-hybridized carbons (Fsp3) is 0.455. The monoisotopic (exact) mass is 351 g/mol. The van der Waals surface area contributed by atoms with Crippen molar-refractivity contribution in [1.29, 1.82) is 0 Å². The maximum Gasteiger partial charge on any atom is 0.171 e. The number of nitrogens with one attached hydrogen (secondary N) is 2. The van der Waals surface area contributed by atoms with E-state index in [0.29, 0.717) is 22.6 Å². The number of rotatable bonds is 5. The highest BCUT2D eigenvalue weighted by Crippen LogP contribution is 2.25. The number of hydrogen-bond acceptors (Lipinski definition) is 3. The van der Waals surface area contributed by atoms with Crippen molar-refractivity contribution in [3.63, 3.8) is 0 Å². The van der Waals surface area contributed by atoms with Crippen molar-refractivity contribution in [2.75, 3.05) is 25.6 Å². The molecule has 1 rings (SSSR count). The third-order valence-electron chi connectivity index (χ3n) is 2.15. The van der Waals surface area contributed by atoms with Gasteiger partial charge in [0.15, 0.2) is 10.9 Å². The first kappa shape index (κ1) is 15.6. The number of aromatic nitrogens is 1. The van der Waals surface area contributed by atoms with Crippen LogP contribution in [0.25, 0.3) is 0 Å². The van der Waals surface area contributed by atoms with E-state index >= 15 is 0 Å². The molecule has 2 N–H and O–H groups in total. The zero-order chi connectivity index (χ0) is 13.5. The summed E-state index contributed by atoms with van der Waals surface area (Å²) < 4.78 is 5.82. The summed E-state index contributed by atoms with van der Waals surface area (Å²) in [5.41, 5.74) is 0.851. The number of pyridine rings is 1. The van der Waals surface area contributed by atoms with Crippen LogP contribution >= 0.6 is 39.7 Å². The van der Waals surface area contributed by atoms with E-state index in [9.17, 15) is 0 Å². The minimum Gasteiger partial charge on any atom is -0.385 e. The first-order valence-corrected chi connectivity index (χ1v) is 6.99. The number of ether oxygens (including phenoxy) is 1. The molecule has 0 bridgehead atoms. The zero-order valence-corrected chi connectivity index (χ0v) is 13.4. The fourth-order valence-electron chi connectivity index (χ4n) is 1.22. The molecule has 7 heteroatoms. The average Bonchev–Trinajstić information content (AvgIpc) is 2.32. The maximum absolute atomic E-state index is 6.07. The van der Waals surface area contributed by atoms with Crippen molar-refractivity contribution in [1.82, 2.24) is 10.3 Å². The van der Waals surface area contributed by atoms with Gasteiger partial charge in [-0.15, -0.1) is 0 Å². The Labute approximate surface area is 126 Å². The number of halogens is 2. The number of thiocarbonyl (C=S) groups is 1. The second-order valence-corrected chi connectivity index (χ2v) is 5.28. The van der Waals surface area contributed by atoms with Crippen molar-refractivity contribution in [3.05, 3.63) is 21.3 Å². The largest absolute Gasteiger partial charge is 0.385 e. The Balaban J connectivity index is 2.51.